The summed E-state index contributed by atoms with van der Waals surface area (Å²) in [5.74, 6) is -3.06. The highest BCUT2D eigenvalue weighted by Crippen LogP contribution is 2.37. The fourth-order valence-electron chi connectivity index (χ4n) is 3.69. The lowest BCUT2D eigenvalue weighted by molar-refractivity contribution is -0.139. The Morgan fingerprint density at radius 2 is 1.93 bits per heavy atom. The Morgan fingerprint density at radius 3 is 2.55 bits per heavy atom. The van der Waals surface area contributed by atoms with Crippen molar-refractivity contribution < 1.29 is 24.2 Å². The van der Waals surface area contributed by atoms with E-state index in [2.05, 4.69) is 0 Å². The summed E-state index contributed by atoms with van der Waals surface area (Å²) in [5.41, 5.74) is 1.49. The Bertz CT molecular complexity index is 1110. The van der Waals surface area contributed by atoms with E-state index in [1.165, 1.54) is 28.8 Å². The van der Waals surface area contributed by atoms with Crippen LogP contribution in [0.4, 0.5) is 4.39 Å². The normalized spacial score (nSPS) is 12.3. The van der Waals surface area contributed by atoms with Crippen molar-refractivity contribution in [1.29, 1.82) is 0 Å². The van der Waals surface area contributed by atoms with Crippen LogP contribution in [0.15, 0.2) is 36.4 Å². The molecule has 1 atom stereocenters. The van der Waals surface area contributed by atoms with Crippen molar-refractivity contribution in [2.45, 2.75) is 39.0 Å². The maximum atomic E-state index is 13.9. The highest BCUT2D eigenvalue weighted by molar-refractivity contribution is 6.30. The van der Waals surface area contributed by atoms with Crippen LogP contribution in [0.1, 0.15) is 53.7 Å². The second-order valence-electron chi connectivity index (χ2n) is 7.00. The summed E-state index contributed by atoms with van der Waals surface area (Å²) in [7, 11) is 0. The van der Waals surface area contributed by atoms with Crippen molar-refractivity contribution in [2.24, 2.45) is 0 Å². The van der Waals surface area contributed by atoms with E-state index in [9.17, 15) is 24.2 Å². The zero-order valence-electron chi connectivity index (χ0n) is 16.1. The molecule has 2 aromatic carbocycles. The van der Waals surface area contributed by atoms with E-state index in [1.807, 2.05) is 6.92 Å². The highest BCUT2D eigenvalue weighted by atomic mass is 35.5. The van der Waals surface area contributed by atoms with Gasteiger partial charge in [0, 0.05) is 16.6 Å². The van der Waals surface area contributed by atoms with Gasteiger partial charge in [-0.15, -0.1) is 0 Å². The lowest BCUT2D eigenvalue weighted by Crippen LogP contribution is -2.16. The Kier molecular flexibility index (Phi) is 5.94. The number of rotatable bonds is 6. The van der Waals surface area contributed by atoms with Crippen LogP contribution in [0.5, 0.6) is 5.75 Å². The van der Waals surface area contributed by atoms with E-state index in [0.29, 0.717) is 35.0 Å². The van der Waals surface area contributed by atoms with Gasteiger partial charge in [-0.2, -0.15) is 0 Å². The third kappa shape index (κ3) is 3.85. The Balaban J connectivity index is 2.25. The van der Waals surface area contributed by atoms with Crippen LogP contribution in [-0.4, -0.2) is 26.7 Å². The summed E-state index contributed by atoms with van der Waals surface area (Å²) < 4.78 is 15.3. The van der Waals surface area contributed by atoms with Crippen LogP contribution in [-0.2, 0) is 4.79 Å². The molecular weight excluding hydrogens is 397 g/mol. The Hall–Kier alpha value is -2.86. The number of hydrogen-bond donors (Lipinski definition) is 2. The number of aromatic nitrogens is 1. The molecule has 0 fully saturated rings. The molecule has 1 unspecified atom stereocenters. The predicted molar refractivity (Wildman–Crippen MR) is 109 cm³/mol. The van der Waals surface area contributed by atoms with Gasteiger partial charge in [0.25, 0.3) is 5.91 Å². The topological polar surface area (TPSA) is 79.5 Å². The van der Waals surface area contributed by atoms with Gasteiger partial charge in [0.15, 0.2) is 0 Å². The summed E-state index contributed by atoms with van der Waals surface area (Å²) in [4.78, 5) is 25.2. The first-order chi connectivity index (χ1) is 13.8. The van der Waals surface area contributed by atoms with Gasteiger partial charge in [0.2, 0.25) is 0 Å². The molecule has 1 heterocycles. The zero-order chi connectivity index (χ0) is 21.3. The number of carboxylic acid groups (broad SMARTS) is 1. The number of phenols is 1. The fraction of sp³-hybridized carbons (Fsp3) is 0.273. The number of halogens is 2. The molecule has 0 bridgehead atoms. The molecule has 0 aliphatic carbocycles. The molecule has 0 saturated heterocycles. The number of phenolic OH excluding ortho intramolecular Hbond substituents is 1. The number of nitrogens with zero attached hydrogens (tertiary/aromatic N) is 1. The predicted octanol–water partition coefficient (Wildman–Crippen LogP) is 5.49. The molecule has 0 amide bonds. The summed E-state index contributed by atoms with van der Waals surface area (Å²) in [6.45, 7) is 3.64. The van der Waals surface area contributed by atoms with Crippen LogP contribution in [0, 0.1) is 12.7 Å². The minimum atomic E-state index is -0.992. The molecule has 0 saturated carbocycles. The van der Waals surface area contributed by atoms with Gasteiger partial charge in [0.1, 0.15) is 11.6 Å². The zero-order valence-corrected chi connectivity index (χ0v) is 16.8. The summed E-state index contributed by atoms with van der Waals surface area (Å²) in [6.07, 6.45) is 1.94. The number of aromatic hydroxyl groups is 1. The van der Waals surface area contributed by atoms with E-state index in [-0.39, 0.29) is 16.3 Å². The first-order valence-electron chi connectivity index (χ1n) is 9.32. The number of fused-ring (bicyclic) bond motifs is 1. The van der Waals surface area contributed by atoms with E-state index < -0.39 is 23.6 Å². The quantitative estimate of drug-likeness (QED) is 0.555. The maximum Gasteiger partial charge on any atom is 0.311 e. The second kappa shape index (κ2) is 8.25. The van der Waals surface area contributed by atoms with E-state index in [0.717, 1.165) is 12.5 Å². The minimum Gasteiger partial charge on any atom is -0.508 e. The van der Waals surface area contributed by atoms with E-state index >= 15 is 0 Å². The van der Waals surface area contributed by atoms with Crippen molar-refractivity contribution in [1.82, 2.24) is 4.57 Å². The van der Waals surface area contributed by atoms with Gasteiger partial charge in [-0.1, -0.05) is 31.4 Å². The first-order valence-corrected chi connectivity index (χ1v) is 9.70. The highest BCUT2D eigenvalue weighted by Gasteiger charge is 2.29. The summed E-state index contributed by atoms with van der Waals surface area (Å²) in [5, 5.41) is 20.2. The second-order valence-corrected chi connectivity index (χ2v) is 7.41. The molecule has 0 aliphatic rings. The molecule has 0 spiro atoms. The Labute approximate surface area is 172 Å². The van der Waals surface area contributed by atoms with Crippen LogP contribution < -0.4 is 0 Å². The van der Waals surface area contributed by atoms with Gasteiger partial charge in [-0.25, -0.2) is 4.39 Å². The van der Waals surface area contributed by atoms with Gasteiger partial charge >= 0.3 is 5.97 Å². The average molecular weight is 418 g/mol. The van der Waals surface area contributed by atoms with Gasteiger partial charge in [-0.05, 0) is 55.3 Å². The molecular formula is C22H21ClFNO4. The smallest absolute Gasteiger partial charge is 0.311 e. The number of unbranched alkanes of at least 4 members (excludes halogenated alkanes) is 1. The molecule has 3 aromatic rings. The first kappa shape index (κ1) is 20.9. The third-order valence-corrected chi connectivity index (χ3v) is 5.41. The van der Waals surface area contributed by atoms with Crippen molar-refractivity contribution in [3.63, 3.8) is 0 Å². The number of carboxylic acids is 1. The van der Waals surface area contributed by atoms with E-state index in [4.69, 9.17) is 11.6 Å². The number of aliphatic carboxylic acids is 1. The maximum absolute atomic E-state index is 13.9. The lowest BCUT2D eigenvalue weighted by atomic mass is 9.91. The fourth-order valence-corrected chi connectivity index (χ4v) is 3.81. The van der Waals surface area contributed by atoms with E-state index in [1.54, 1.807) is 13.0 Å². The van der Waals surface area contributed by atoms with Gasteiger partial charge in [-0.3, -0.25) is 14.2 Å². The molecule has 0 aliphatic heterocycles. The molecule has 152 valence electrons. The van der Waals surface area contributed by atoms with Crippen LogP contribution in [0.3, 0.4) is 0 Å². The molecule has 7 heteroatoms. The monoisotopic (exact) mass is 417 g/mol. The molecule has 2 N–H and O–H groups in total. The summed E-state index contributed by atoms with van der Waals surface area (Å²) in [6, 6.07) is 8.24. The largest absolute Gasteiger partial charge is 0.508 e. The number of carbonyl (C=O) groups is 2. The lowest BCUT2D eigenvalue weighted by Gasteiger charge is -2.14. The minimum absolute atomic E-state index is 0.0273. The van der Waals surface area contributed by atoms with Crippen LogP contribution in [0.25, 0.3) is 10.9 Å². The molecule has 29 heavy (non-hydrogen) atoms. The standard InChI is InChI=1S/C22H21ClFNO4/c1-3-4-5-15(22(28)29)20-12(2)25(19-9-7-14(26)11-16(19)20)21(27)13-6-8-17(23)18(24)10-13/h6-11,15,26H,3-5H2,1-2H3,(H,28,29). The molecule has 1 aromatic heterocycles. The van der Waals surface area contributed by atoms with Crippen molar-refractivity contribution >= 4 is 34.4 Å². The van der Waals surface area contributed by atoms with Crippen molar-refractivity contribution in [3.8, 4) is 5.75 Å². The van der Waals surface area contributed by atoms with Crippen LogP contribution >= 0.6 is 11.6 Å². The van der Waals surface area contributed by atoms with Crippen LogP contribution in [0.2, 0.25) is 5.02 Å². The van der Waals surface area contributed by atoms with Gasteiger partial charge < -0.3 is 10.2 Å². The van der Waals surface area contributed by atoms with Crippen molar-refractivity contribution in [3.05, 3.63) is 64.1 Å². The molecule has 0 radical (unpaired) electrons. The molecule has 3 rings (SSSR count). The number of hydrogen-bond acceptors (Lipinski definition) is 3. The Morgan fingerprint density at radius 1 is 1.21 bits per heavy atom. The average Bonchev–Trinajstić information content (AvgIpc) is 2.95. The SMILES string of the molecule is CCCCC(C(=O)O)c1c(C)n(C(=O)c2ccc(Cl)c(F)c2)c2ccc(O)cc12. The summed E-state index contributed by atoms with van der Waals surface area (Å²) >= 11 is 5.72. The van der Waals surface area contributed by atoms with Crippen molar-refractivity contribution in [2.75, 3.05) is 0 Å². The third-order valence-electron chi connectivity index (χ3n) is 5.10. The number of carbonyl (C=O) groups excluding carboxylic acids is 1. The molecule has 5 nitrogen and oxygen atoms in total. The number of benzene rings is 2. The van der Waals surface area contributed by atoms with Gasteiger partial charge in [0.05, 0.1) is 16.5 Å².